The zero-order valence-corrected chi connectivity index (χ0v) is 10.9. The largest absolute Gasteiger partial charge is 0.250 e. The van der Waals surface area contributed by atoms with Crippen molar-refractivity contribution in [3.63, 3.8) is 0 Å². The number of nitriles is 1. The second-order valence-electron chi connectivity index (χ2n) is 4.81. The van der Waals surface area contributed by atoms with E-state index in [1.165, 1.54) is 11.1 Å². The standard InChI is InChI=1S/C15H14N2S/c16-11-15(10-14-17-8-9-18-14)7-3-5-12-4-1-2-6-13(12)15/h1-2,4,6,8-9H,3,5,7,10H2. The first-order valence-electron chi connectivity index (χ1n) is 6.22. The average molecular weight is 254 g/mol. The summed E-state index contributed by atoms with van der Waals surface area (Å²) >= 11 is 1.64. The van der Waals surface area contributed by atoms with Crippen molar-refractivity contribution < 1.29 is 0 Å². The predicted molar refractivity (Wildman–Crippen MR) is 72.5 cm³/mol. The molecule has 0 bridgehead atoms. The van der Waals surface area contributed by atoms with Crippen LogP contribution in [0, 0.1) is 11.3 Å². The molecule has 1 aliphatic carbocycles. The predicted octanol–water partition coefficient (Wildman–Crippen LogP) is 3.48. The van der Waals surface area contributed by atoms with Crippen LogP contribution in [-0.4, -0.2) is 4.98 Å². The molecule has 0 N–H and O–H groups in total. The number of thiazole rings is 1. The summed E-state index contributed by atoms with van der Waals surface area (Å²) in [4.78, 5) is 4.34. The molecule has 18 heavy (non-hydrogen) atoms. The second-order valence-corrected chi connectivity index (χ2v) is 5.79. The van der Waals surface area contributed by atoms with Crippen molar-refractivity contribution in [3.8, 4) is 6.07 Å². The van der Waals surface area contributed by atoms with Gasteiger partial charge in [0.15, 0.2) is 0 Å². The van der Waals surface area contributed by atoms with Crippen molar-refractivity contribution in [1.82, 2.24) is 4.98 Å². The summed E-state index contributed by atoms with van der Waals surface area (Å²) in [6.45, 7) is 0. The Hall–Kier alpha value is -1.66. The van der Waals surface area contributed by atoms with Gasteiger partial charge in [-0.2, -0.15) is 5.26 Å². The molecule has 3 heteroatoms. The fraction of sp³-hybridized carbons (Fsp3) is 0.333. The maximum absolute atomic E-state index is 9.71. The molecule has 0 amide bonds. The van der Waals surface area contributed by atoms with Crippen LogP contribution in [-0.2, 0) is 18.3 Å². The van der Waals surface area contributed by atoms with Crippen LogP contribution in [0.15, 0.2) is 35.8 Å². The molecule has 2 nitrogen and oxygen atoms in total. The lowest BCUT2D eigenvalue weighted by molar-refractivity contribution is 0.449. The Bertz CT molecular complexity index is 583. The highest BCUT2D eigenvalue weighted by Gasteiger charge is 2.37. The minimum absolute atomic E-state index is 0.368. The Kier molecular flexibility index (Phi) is 2.89. The van der Waals surface area contributed by atoms with Crippen LogP contribution in [0.4, 0.5) is 0 Å². The van der Waals surface area contributed by atoms with Gasteiger partial charge in [0, 0.05) is 18.0 Å². The fourth-order valence-corrected chi connectivity index (χ4v) is 3.59. The van der Waals surface area contributed by atoms with Gasteiger partial charge < -0.3 is 0 Å². The minimum Gasteiger partial charge on any atom is -0.250 e. The van der Waals surface area contributed by atoms with E-state index in [1.54, 1.807) is 11.3 Å². The molecular formula is C15H14N2S. The molecular weight excluding hydrogens is 240 g/mol. The van der Waals surface area contributed by atoms with E-state index in [-0.39, 0.29) is 5.41 Å². The number of hydrogen-bond donors (Lipinski definition) is 0. The second kappa shape index (κ2) is 4.55. The smallest absolute Gasteiger partial charge is 0.0944 e. The third kappa shape index (κ3) is 1.83. The van der Waals surface area contributed by atoms with Crippen molar-refractivity contribution in [3.05, 3.63) is 52.0 Å². The number of nitrogens with zero attached hydrogens (tertiary/aromatic N) is 2. The number of benzene rings is 1. The van der Waals surface area contributed by atoms with E-state index >= 15 is 0 Å². The summed E-state index contributed by atoms with van der Waals surface area (Å²) in [6, 6.07) is 11.0. The number of hydrogen-bond acceptors (Lipinski definition) is 3. The topological polar surface area (TPSA) is 36.7 Å². The van der Waals surface area contributed by atoms with Gasteiger partial charge in [-0.05, 0) is 30.4 Å². The summed E-state index contributed by atoms with van der Waals surface area (Å²) in [5.74, 6) is 0. The molecule has 1 aliphatic rings. The van der Waals surface area contributed by atoms with Gasteiger partial charge in [-0.15, -0.1) is 11.3 Å². The Balaban J connectivity index is 2.05. The van der Waals surface area contributed by atoms with E-state index in [1.807, 2.05) is 17.6 Å². The number of aryl methyl sites for hydroxylation is 1. The minimum atomic E-state index is -0.368. The van der Waals surface area contributed by atoms with Crippen molar-refractivity contribution >= 4 is 11.3 Å². The normalized spacial score (nSPS) is 22.2. The maximum atomic E-state index is 9.71. The van der Waals surface area contributed by atoms with Crippen molar-refractivity contribution in [2.75, 3.05) is 0 Å². The number of aromatic nitrogens is 1. The SMILES string of the molecule is N#CC1(Cc2nccs2)CCCc2ccccc21. The van der Waals surface area contributed by atoms with E-state index < -0.39 is 0 Å². The number of rotatable bonds is 2. The van der Waals surface area contributed by atoms with E-state index in [9.17, 15) is 5.26 Å². The van der Waals surface area contributed by atoms with Crippen LogP contribution in [0.3, 0.4) is 0 Å². The molecule has 2 aromatic rings. The lowest BCUT2D eigenvalue weighted by Gasteiger charge is -2.32. The Labute approximate surface area is 111 Å². The summed E-state index contributed by atoms with van der Waals surface area (Å²) in [7, 11) is 0. The van der Waals surface area contributed by atoms with Gasteiger partial charge >= 0.3 is 0 Å². The average Bonchev–Trinajstić information content (AvgIpc) is 2.92. The molecule has 1 atom stereocenters. The third-order valence-electron chi connectivity index (χ3n) is 3.73. The summed E-state index contributed by atoms with van der Waals surface area (Å²) < 4.78 is 0. The lowest BCUT2D eigenvalue weighted by Crippen LogP contribution is -2.31. The fourth-order valence-electron chi connectivity index (χ4n) is 2.86. The van der Waals surface area contributed by atoms with Crippen molar-refractivity contribution in [2.45, 2.75) is 31.1 Å². The Morgan fingerprint density at radius 2 is 2.28 bits per heavy atom. The summed E-state index contributed by atoms with van der Waals surface area (Å²) in [6.07, 6.45) is 5.70. The molecule has 0 aliphatic heterocycles. The van der Waals surface area contributed by atoms with Crippen molar-refractivity contribution in [1.29, 1.82) is 5.26 Å². The summed E-state index contributed by atoms with van der Waals surface area (Å²) in [5, 5.41) is 12.8. The molecule has 0 fully saturated rings. The van der Waals surface area contributed by atoms with Crippen LogP contribution >= 0.6 is 11.3 Å². The van der Waals surface area contributed by atoms with Crippen molar-refractivity contribution in [2.24, 2.45) is 0 Å². The third-order valence-corrected chi connectivity index (χ3v) is 4.51. The molecule has 0 saturated heterocycles. The van der Waals surface area contributed by atoms with Crippen LogP contribution in [0.2, 0.25) is 0 Å². The first kappa shape index (κ1) is 11.4. The van der Waals surface area contributed by atoms with E-state index in [0.717, 1.165) is 30.7 Å². The molecule has 0 saturated carbocycles. The van der Waals surface area contributed by atoms with Crippen LogP contribution in [0.1, 0.15) is 29.0 Å². The highest BCUT2D eigenvalue weighted by atomic mass is 32.1. The van der Waals surface area contributed by atoms with Crippen LogP contribution < -0.4 is 0 Å². The molecule has 0 radical (unpaired) electrons. The zero-order valence-electron chi connectivity index (χ0n) is 10.1. The quantitative estimate of drug-likeness (QED) is 0.822. The van der Waals surface area contributed by atoms with Gasteiger partial charge in [0.1, 0.15) is 0 Å². The number of fused-ring (bicyclic) bond motifs is 1. The van der Waals surface area contributed by atoms with Gasteiger partial charge in [0.2, 0.25) is 0 Å². The molecule has 1 aromatic carbocycles. The highest BCUT2D eigenvalue weighted by molar-refractivity contribution is 7.09. The summed E-state index contributed by atoms with van der Waals surface area (Å²) in [5.41, 5.74) is 2.18. The lowest BCUT2D eigenvalue weighted by atomic mass is 9.69. The molecule has 3 rings (SSSR count). The van der Waals surface area contributed by atoms with Gasteiger partial charge in [-0.25, -0.2) is 4.98 Å². The van der Waals surface area contributed by atoms with Gasteiger partial charge in [0.05, 0.1) is 16.5 Å². The highest BCUT2D eigenvalue weighted by Crippen LogP contribution is 2.39. The zero-order chi connectivity index (χ0) is 12.4. The molecule has 1 heterocycles. The molecule has 1 aromatic heterocycles. The van der Waals surface area contributed by atoms with E-state index in [2.05, 4.69) is 29.3 Å². The molecule has 90 valence electrons. The van der Waals surface area contributed by atoms with Crippen LogP contribution in [0.25, 0.3) is 0 Å². The van der Waals surface area contributed by atoms with Gasteiger partial charge in [-0.3, -0.25) is 0 Å². The first-order valence-corrected chi connectivity index (χ1v) is 7.10. The maximum Gasteiger partial charge on any atom is 0.0944 e. The molecule has 0 spiro atoms. The van der Waals surface area contributed by atoms with E-state index in [4.69, 9.17) is 0 Å². The van der Waals surface area contributed by atoms with E-state index in [0.29, 0.717) is 0 Å². The van der Waals surface area contributed by atoms with Gasteiger partial charge in [-0.1, -0.05) is 24.3 Å². The van der Waals surface area contributed by atoms with Crippen LogP contribution in [0.5, 0.6) is 0 Å². The monoisotopic (exact) mass is 254 g/mol. The Morgan fingerprint density at radius 3 is 3.06 bits per heavy atom. The molecule has 1 unspecified atom stereocenters. The first-order chi connectivity index (χ1) is 8.84. The Morgan fingerprint density at radius 1 is 1.39 bits per heavy atom. The van der Waals surface area contributed by atoms with Gasteiger partial charge in [0.25, 0.3) is 0 Å².